The lowest BCUT2D eigenvalue weighted by Gasteiger charge is -2.37. The first-order valence-corrected chi connectivity index (χ1v) is 6.41. The standard InChI is InChI=1S/C15H18FNO2/c1-10-7-8-17(15(19)11(2)16)9-14(10)12-3-5-13(18)6-4-12/h3-6,10,14,18H,2,7-9H2,1H3/t10-,14+/m1/s1. The van der Waals surface area contributed by atoms with Crippen molar-refractivity contribution in [3.05, 3.63) is 42.2 Å². The van der Waals surface area contributed by atoms with Crippen LogP contribution in [0, 0.1) is 5.92 Å². The SMILES string of the molecule is C=C(F)C(=O)N1CC[C@@H](C)[C@@H](c2ccc(O)cc2)C1. The maximum Gasteiger partial charge on any atom is 0.281 e. The molecule has 102 valence electrons. The lowest BCUT2D eigenvalue weighted by molar-refractivity contribution is -0.130. The zero-order chi connectivity index (χ0) is 14.0. The predicted molar refractivity (Wildman–Crippen MR) is 71.5 cm³/mol. The third-order valence-electron chi connectivity index (χ3n) is 3.80. The summed E-state index contributed by atoms with van der Waals surface area (Å²) < 4.78 is 12.9. The molecular weight excluding hydrogens is 245 g/mol. The van der Waals surface area contributed by atoms with E-state index in [2.05, 4.69) is 13.5 Å². The summed E-state index contributed by atoms with van der Waals surface area (Å²) in [5.74, 6) is -0.717. The van der Waals surface area contributed by atoms with Crippen molar-refractivity contribution in [3.63, 3.8) is 0 Å². The largest absolute Gasteiger partial charge is 0.508 e. The summed E-state index contributed by atoms with van der Waals surface area (Å²) >= 11 is 0. The van der Waals surface area contributed by atoms with Crippen LogP contribution in [0.2, 0.25) is 0 Å². The molecular formula is C15H18FNO2. The van der Waals surface area contributed by atoms with E-state index >= 15 is 0 Å². The van der Waals surface area contributed by atoms with Gasteiger partial charge in [0.2, 0.25) is 0 Å². The second-order valence-electron chi connectivity index (χ2n) is 5.12. The van der Waals surface area contributed by atoms with Crippen LogP contribution in [0.1, 0.15) is 24.8 Å². The van der Waals surface area contributed by atoms with Crippen molar-refractivity contribution in [1.82, 2.24) is 4.90 Å². The van der Waals surface area contributed by atoms with Crippen molar-refractivity contribution < 1.29 is 14.3 Å². The maximum absolute atomic E-state index is 12.9. The number of hydrogen-bond acceptors (Lipinski definition) is 2. The molecule has 1 saturated heterocycles. The lowest BCUT2D eigenvalue weighted by Crippen LogP contribution is -2.42. The number of piperidine rings is 1. The number of carbonyl (C=O) groups is 1. The van der Waals surface area contributed by atoms with Gasteiger partial charge in [-0.2, -0.15) is 0 Å². The number of halogens is 1. The molecule has 1 amide bonds. The molecule has 0 saturated carbocycles. The Kier molecular flexibility index (Phi) is 3.88. The second kappa shape index (κ2) is 5.43. The van der Waals surface area contributed by atoms with Crippen molar-refractivity contribution >= 4 is 5.91 Å². The van der Waals surface area contributed by atoms with Crippen LogP contribution in [0.5, 0.6) is 5.75 Å². The Hall–Kier alpha value is -1.84. The third kappa shape index (κ3) is 2.95. The molecule has 0 radical (unpaired) electrons. The van der Waals surface area contributed by atoms with E-state index in [0.717, 1.165) is 12.0 Å². The molecule has 1 fully saturated rings. The van der Waals surface area contributed by atoms with Crippen molar-refractivity contribution in [2.45, 2.75) is 19.3 Å². The van der Waals surface area contributed by atoms with Crippen molar-refractivity contribution in [3.8, 4) is 5.75 Å². The fourth-order valence-electron chi connectivity index (χ4n) is 2.58. The van der Waals surface area contributed by atoms with Gasteiger partial charge in [0.15, 0.2) is 5.83 Å². The van der Waals surface area contributed by atoms with Gasteiger partial charge in [0.25, 0.3) is 5.91 Å². The minimum atomic E-state index is -0.904. The monoisotopic (exact) mass is 263 g/mol. The number of benzene rings is 1. The van der Waals surface area contributed by atoms with Gasteiger partial charge in [0.1, 0.15) is 5.75 Å². The van der Waals surface area contributed by atoms with Crippen molar-refractivity contribution in [1.29, 1.82) is 0 Å². The van der Waals surface area contributed by atoms with Gasteiger partial charge < -0.3 is 10.0 Å². The van der Waals surface area contributed by atoms with Gasteiger partial charge in [0, 0.05) is 19.0 Å². The van der Waals surface area contributed by atoms with E-state index in [1.54, 1.807) is 12.1 Å². The van der Waals surface area contributed by atoms with Crippen LogP contribution in [0.15, 0.2) is 36.7 Å². The van der Waals surface area contributed by atoms with Crippen LogP contribution in [-0.2, 0) is 4.79 Å². The molecule has 1 aromatic carbocycles. The van der Waals surface area contributed by atoms with Crippen molar-refractivity contribution in [2.75, 3.05) is 13.1 Å². The third-order valence-corrected chi connectivity index (χ3v) is 3.80. The van der Waals surface area contributed by atoms with E-state index in [4.69, 9.17) is 0 Å². The van der Waals surface area contributed by atoms with E-state index in [0.29, 0.717) is 19.0 Å². The second-order valence-corrected chi connectivity index (χ2v) is 5.12. The average Bonchev–Trinajstić information content (AvgIpc) is 2.39. The molecule has 3 nitrogen and oxygen atoms in total. The number of nitrogens with zero attached hydrogens (tertiary/aromatic N) is 1. The Bertz CT molecular complexity index is 483. The van der Waals surface area contributed by atoms with Crippen LogP contribution in [-0.4, -0.2) is 29.0 Å². The first-order valence-electron chi connectivity index (χ1n) is 6.41. The molecule has 2 atom stereocenters. The van der Waals surface area contributed by atoms with Gasteiger partial charge in [-0.15, -0.1) is 0 Å². The van der Waals surface area contributed by atoms with Crippen LogP contribution in [0.4, 0.5) is 4.39 Å². The van der Waals surface area contributed by atoms with Gasteiger partial charge >= 0.3 is 0 Å². The Morgan fingerprint density at radius 2 is 2.05 bits per heavy atom. The molecule has 1 aliphatic rings. The topological polar surface area (TPSA) is 40.5 Å². The first kappa shape index (κ1) is 13.6. The van der Waals surface area contributed by atoms with Crippen LogP contribution >= 0.6 is 0 Å². The normalized spacial score (nSPS) is 23.2. The minimum Gasteiger partial charge on any atom is -0.508 e. The number of phenolic OH excluding ortho intramolecular Hbond substituents is 1. The summed E-state index contributed by atoms with van der Waals surface area (Å²) in [4.78, 5) is 13.2. The highest BCUT2D eigenvalue weighted by molar-refractivity contribution is 5.90. The van der Waals surface area contributed by atoms with Crippen molar-refractivity contribution in [2.24, 2.45) is 5.92 Å². The smallest absolute Gasteiger partial charge is 0.281 e. The number of rotatable bonds is 2. The summed E-state index contributed by atoms with van der Waals surface area (Å²) in [5, 5.41) is 9.31. The Balaban J connectivity index is 2.17. The van der Waals surface area contributed by atoms with E-state index in [-0.39, 0.29) is 11.7 Å². The van der Waals surface area contributed by atoms with Gasteiger partial charge in [-0.25, -0.2) is 4.39 Å². The number of hydrogen-bond donors (Lipinski definition) is 1. The molecule has 2 rings (SSSR count). The molecule has 0 unspecified atom stereocenters. The molecule has 4 heteroatoms. The number of likely N-dealkylation sites (tertiary alicyclic amines) is 1. The lowest BCUT2D eigenvalue weighted by atomic mass is 9.82. The predicted octanol–water partition coefficient (Wildman–Crippen LogP) is 2.83. The number of aromatic hydroxyl groups is 1. The molecule has 1 aromatic rings. The van der Waals surface area contributed by atoms with Crippen LogP contribution < -0.4 is 0 Å². The fourth-order valence-corrected chi connectivity index (χ4v) is 2.58. The zero-order valence-corrected chi connectivity index (χ0v) is 11.0. The number of amides is 1. The van der Waals surface area contributed by atoms with E-state index in [1.807, 2.05) is 12.1 Å². The fraction of sp³-hybridized carbons (Fsp3) is 0.400. The highest BCUT2D eigenvalue weighted by Gasteiger charge is 2.30. The summed E-state index contributed by atoms with van der Waals surface area (Å²) in [6.45, 7) is 6.26. The molecule has 1 N–H and O–H groups in total. The summed E-state index contributed by atoms with van der Waals surface area (Å²) in [6, 6.07) is 6.98. The molecule has 0 bridgehead atoms. The van der Waals surface area contributed by atoms with E-state index in [9.17, 15) is 14.3 Å². The number of phenols is 1. The van der Waals surface area contributed by atoms with Gasteiger partial charge in [-0.3, -0.25) is 4.79 Å². The molecule has 19 heavy (non-hydrogen) atoms. The highest BCUT2D eigenvalue weighted by Crippen LogP contribution is 2.33. The summed E-state index contributed by atoms with van der Waals surface area (Å²) in [6.07, 6.45) is 0.838. The molecule has 0 aliphatic carbocycles. The molecule has 1 aliphatic heterocycles. The Morgan fingerprint density at radius 3 is 2.63 bits per heavy atom. The number of carbonyl (C=O) groups excluding carboxylic acids is 1. The van der Waals surface area contributed by atoms with Crippen LogP contribution in [0.25, 0.3) is 0 Å². The van der Waals surface area contributed by atoms with Gasteiger partial charge in [-0.05, 0) is 30.0 Å². The van der Waals surface area contributed by atoms with Crippen LogP contribution in [0.3, 0.4) is 0 Å². The Labute approximate surface area is 112 Å². The average molecular weight is 263 g/mol. The zero-order valence-electron chi connectivity index (χ0n) is 11.0. The first-order chi connectivity index (χ1) is 8.99. The molecule has 0 spiro atoms. The summed E-state index contributed by atoms with van der Waals surface area (Å²) in [5.41, 5.74) is 1.06. The molecule has 0 aromatic heterocycles. The Morgan fingerprint density at radius 1 is 1.42 bits per heavy atom. The minimum absolute atomic E-state index is 0.164. The van der Waals surface area contributed by atoms with Gasteiger partial charge in [-0.1, -0.05) is 25.6 Å². The van der Waals surface area contributed by atoms with E-state index < -0.39 is 11.7 Å². The molecule has 1 heterocycles. The highest BCUT2D eigenvalue weighted by atomic mass is 19.1. The summed E-state index contributed by atoms with van der Waals surface area (Å²) in [7, 11) is 0. The quantitative estimate of drug-likeness (QED) is 0.833. The van der Waals surface area contributed by atoms with E-state index in [1.165, 1.54) is 4.90 Å². The maximum atomic E-state index is 12.9. The van der Waals surface area contributed by atoms with Gasteiger partial charge in [0.05, 0.1) is 0 Å².